The Morgan fingerprint density at radius 2 is 1.78 bits per heavy atom. The quantitative estimate of drug-likeness (QED) is 0.649. The second-order valence-corrected chi connectivity index (χ2v) is 6.61. The molecule has 0 saturated heterocycles. The summed E-state index contributed by atoms with van der Waals surface area (Å²) in [4.78, 5) is 17.4. The van der Waals surface area contributed by atoms with Crippen LogP contribution in [0.2, 0.25) is 0 Å². The van der Waals surface area contributed by atoms with Gasteiger partial charge in [-0.05, 0) is 45.4 Å². The first-order valence-electron chi connectivity index (χ1n) is 7.63. The second kappa shape index (κ2) is 5.54. The van der Waals surface area contributed by atoms with Gasteiger partial charge in [0.2, 0.25) is 0 Å². The maximum Gasteiger partial charge on any atom is 0.420 e. The summed E-state index contributed by atoms with van der Waals surface area (Å²) in [6.07, 6.45) is -0.414. The number of rotatable bonds is 1. The van der Waals surface area contributed by atoms with Gasteiger partial charge in [0.05, 0.1) is 11.0 Å². The summed E-state index contributed by atoms with van der Waals surface area (Å²) in [6, 6.07) is 15.5. The Hall–Kier alpha value is -2.62. The number of nitrogens with zero attached hydrogens (tertiary/aromatic N) is 2. The predicted octanol–water partition coefficient (Wildman–Crippen LogP) is 4.79. The smallest absolute Gasteiger partial charge is 0.420 e. The van der Waals surface area contributed by atoms with Crippen LogP contribution in [0, 0.1) is 6.92 Å². The number of hydrogen-bond donors (Lipinski definition) is 0. The fourth-order valence-electron chi connectivity index (χ4n) is 2.46. The van der Waals surface area contributed by atoms with Gasteiger partial charge in [0.15, 0.2) is 5.82 Å². The molecule has 0 atom stereocenters. The molecule has 0 unspecified atom stereocenters. The third-order valence-electron chi connectivity index (χ3n) is 3.42. The maximum atomic E-state index is 12.7. The van der Waals surface area contributed by atoms with Crippen molar-refractivity contribution in [3.63, 3.8) is 0 Å². The monoisotopic (exact) mass is 308 g/mol. The molecule has 0 aliphatic carbocycles. The van der Waals surface area contributed by atoms with Gasteiger partial charge < -0.3 is 4.74 Å². The zero-order chi connectivity index (χ0) is 16.6. The number of imidazole rings is 1. The molecule has 23 heavy (non-hydrogen) atoms. The van der Waals surface area contributed by atoms with Crippen molar-refractivity contribution in [1.29, 1.82) is 0 Å². The molecule has 3 aromatic rings. The van der Waals surface area contributed by atoms with Gasteiger partial charge in [0.25, 0.3) is 0 Å². The Bertz CT molecular complexity index is 858. The van der Waals surface area contributed by atoms with E-state index in [2.05, 4.69) is 4.98 Å². The fourth-order valence-corrected chi connectivity index (χ4v) is 2.46. The highest BCUT2D eigenvalue weighted by Gasteiger charge is 2.23. The van der Waals surface area contributed by atoms with E-state index < -0.39 is 11.7 Å². The third-order valence-corrected chi connectivity index (χ3v) is 3.42. The van der Waals surface area contributed by atoms with E-state index in [-0.39, 0.29) is 0 Å². The fraction of sp³-hybridized carbons (Fsp3) is 0.263. The average molecular weight is 308 g/mol. The van der Waals surface area contributed by atoms with Gasteiger partial charge in [-0.1, -0.05) is 36.4 Å². The Morgan fingerprint density at radius 1 is 1.09 bits per heavy atom. The molecule has 1 heterocycles. The molecule has 0 N–H and O–H groups in total. The van der Waals surface area contributed by atoms with Crippen molar-refractivity contribution in [1.82, 2.24) is 9.55 Å². The molecule has 4 nitrogen and oxygen atoms in total. The molecule has 0 aliphatic heterocycles. The minimum Gasteiger partial charge on any atom is -0.443 e. The molecule has 2 aromatic carbocycles. The van der Waals surface area contributed by atoms with Crippen LogP contribution in [-0.2, 0) is 4.74 Å². The number of benzene rings is 2. The largest absolute Gasteiger partial charge is 0.443 e. The molecule has 0 saturated carbocycles. The first-order valence-corrected chi connectivity index (χ1v) is 7.63. The van der Waals surface area contributed by atoms with E-state index in [9.17, 15) is 4.79 Å². The highest BCUT2D eigenvalue weighted by atomic mass is 16.6. The Morgan fingerprint density at radius 3 is 2.43 bits per heavy atom. The van der Waals surface area contributed by atoms with Crippen LogP contribution in [0.25, 0.3) is 22.4 Å². The molecule has 3 rings (SSSR count). The van der Waals surface area contributed by atoms with Crippen molar-refractivity contribution in [3.05, 3.63) is 54.1 Å². The van der Waals surface area contributed by atoms with Crippen molar-refractivity contribution in [2.45, 2.75) is 33.3 Å². The van der Waals surface area contributed by atoms with Crippen LogP contribution < -0.4 is 0 Å². The van der Waals surface area contributed by atoms with Crippen LogP contribution in [0.5, 0.6) is 0 Å². The number of carbonyl (C=O) groups is 1. The molecule has 0 radical (unpaired) electrons. The number of carbonyl (C=O) groups excluding carboxylic acids is 1. The van der Waals surface area contributed by atoms with E-state index in [0.717, 1.165) is 22.2 Å². The topological polar surface area (TPSA) is 44.1 Å². The normalized spacial score (nSPS) is 11.7. The third kappa shape index (κ3) is 3.11. The summed E-state index contributed by atoms with van der Waals surface area (Å²) in [5.41, 5.74) is 2.96. The Balaban J connectivity index is 2.22. The van der Waals surface area contributed by atoms with E-state index in [1.807, 2.05) is 76.2 Å². The van der Waals surface area contributed by atoms with Gasteiger partial charge in [-0.3, -0.25) is 0 Å². The standard InChI is InChI=1S/C19H20N2O2/c1-13-10-11-16-15(12-13)20-17(14-8-6-5-7-9-14)21(16)18(22)23-19(2,3)4/h5-12H,1-4H3. The van der Waals surface area contributed by atoms with E-state index in [0.29, 0.717) is 5.82 Å². The van der Waals surface area contributed by atoms with E-state index in [4.69, 9.17) is 4.74 Å². The summed E-state index contributed by atoms with van der Waals surface area (Å²) in [5.74, 6) is 0.598. The number of fused-ring (bicyclic) bond motifs is 1. The molecular formula is C19H20N2O2. The molecule has 4 heteroatoms. The molecule has 0 bridgehead atoms. The Labute approximate surface area is 135 Å². The summed E-state index contributed by atoms with van der Waals surface area (Å²) in [5, 5.41) is 0. The second-order valence-electron chi connectivity index (χ2n) is 6.61. The molecular weight excluding hydrogens is 288 g/mol. The first-order chi connectivity index (χ1) is 10.8. The van der Waals surface area contributed by atoms with Crippen LogP contribution in [0.3, 0.4) is 0 Å². The lowest BCUT2D eigenvalue weighted by Crippen LogP contribution is -2.27. The summed E-state index contributed by atoms with van der Waals surface area (Å²) < 4.78 is 7.12. The van der Waals surface area contributed by atoms with Crippen LogP contribution in [0.1, 0.15) is 26.3 Å². The predicted molar refractivity (Wildman–Crippen MR) is 91.5 cm³/mol. The summed E-state index contributed by atoms with van der Waals surface area (Å²) in [6.45, 7) is 7.58. The van der Waals surface area contributed by atoms with Crippen molar-refractivity contribution in [3.8, 4) is 11.4 Å². The highest BCUT2D eigenvalue weighted by molar-refractivity contribution is 5.92. The van der Waals surface area contributed by atoms with Gasteiger partial charge in [0.1, 0.15) is 5.60 Å². The SMILES string of the molecule is Cc1ccc2c(c1)nc(-c1ccccc1)n2C(=O)OC(C)(C)C. The number of aryl methyl sites for hydroxylation is 1. The van der Waals surface area contributed by atoms with Gasteiger partial charge in [0, 0.05) is 5.56 Å². The molecule has 0 fully saturated rings. The van der Waals surface area contributed by atoms with Crippen LogP contribution in [-0.4, -0.2) is 21.2 Å². The van der Waals surface area contributed by atoms with Crippen LogP contribution >= 0.6 is 0 Å². The minimum atomic E-state index is -0.563. The lowest BCUT2D eigenvalue weighted by Gasteiger charge is -2.20. The Kier molecular flexibility index (Phi) is 3.68. The molecule has 0 amide bonds. The van der Waals surface area contributed by atoms with Crippen molar-refractivity contribution in [2.24, 2.45) is 0 Å². The number of hydrogen-bond acceptors (Lipinski definition) is 3. The van der Waals surface area contributed by atoms with Gasteiger partial charge in [-0.15, -0.1) is 0 Å². The molecule has 0 aliphatic rings. The van der Waals surface area contributed by atoms with Gasteiger partial charge in [-0.25, -0.2) is 14.3 Å². The minimum absolute atomic E-state index is 0.414. The summed E-state index contributed by atoms with van der Waals surface area (Å²) in [7, 11) is 0. The first kappa shape index (κ1) is 15.3. The molecule has 1 aromatic heterocycles. The number of ether oxygens (including phenoxy) is 1. The van der Waals surface area contributed by atoms with Crippen LogP contribution in [0.4, 0.5) is 4.79 Å². The lowest BCUT2D eigenvalue weighted by molar-refractivity contribution is 0.0546. The summed E-state index contributed by atoms with van der Waals surface area (Å²) >= 11 is 0. The average Bonchev–Trinajstić information content (AvgIpc) is 2.85. The zero-order valence-corrected chi connectivity index (χ0v) is 13.8. The maximum absolute atomic E-state index is 12.7. The van der Waals surface area contributed by atoms with E-state index in [1.165, 1.54) is 0 Å². The zero-order valence-electron chi connectivity index (χ0n) is 13.8. The lowest BCUT2D eigenvalue weighted by atomic mass is 10.2. The van der Waals surface area contributed by atoms with Gasteiger partial charge >= 0.3 is 6.09 Å². The molecule has 0 spiro atoms. The van der Waals surface area contributed by atoms with Gasteiger partial charge in [-0.2, -0.15) is 0 Å². The molecule has 118 valence electrons. The van der Waals surface area contributed by atoms with Crippen molar-refractivity contribution in [2.75, 3.05) is 0 Å². The van der Waals surface area contributed by atoms with Crippen LogP contribution in [0.15, 0.2) is 48.5 Å². The van der Waals surface area contributed by atoms with Crippen molar-refractivity contribution >= 4 is 17.1 Å². The van der Waals surface area contributed by atoms with E-state index in [1.54, 1.807) is 4.57 Å². The highest BCUT2D eigenvalue weighted by Crippen LogP contribution is 2.26. The number of aromatic nitrogens is 2. The van der Waals surface area contributed by atoms with Crippen molar-refractivity contribution < 1.29 is 9.53 Å². The van der Waals surface area contributed by atoms with E-state index >= 15 is 0 Å².